The Morgan fingerprint density at radius 1 is 1.00 bits per heavy atom. The summed E-state index contributed by atoms with van der Waals surface area (Å²) in [7, 11) is -3.92. The molecule has 1 N–H and O–H groups in total. The summed E-state index contributed by atoms with van der Waals surface area (Å²) in [6.07, 6.45) is 6.01. The van der Waals surface area contributed by atoms with E-state index in [1.165, 1.54) is 17.0 Å². The third-order valence-corrected chi connectivity index (χ3v) is 8.60. The van der Waals surface area contributed by atoms with Crippen molar-refractivity contribution in [3.63, 3.8) is 0 Å². The smallest absolute Gasteiger partial charge is 0.244 e. The molecule has 1 atom stereocenters. The molecule has 2 aromatic carbocycles. The van der Waals surface area contributed by atoms with E-state index in [2.05, 4.69) is 5.32 Å². The molecular formula is C25H30Cl3N3O4S. The van der Waals surface area contributed by atoms with Crippen molar-refractivity contribution in [2.75, 3.05) is 17.1 Å². The van der Waals surface area contributed by atoms with Gasteiger partial charge in [0.2, 0.25) is 21.8 Å². The van der Waals surface area contributed by atoms with Crippen molar-refractivity contribution in [3.8, 4) is 0 Å². The normalized spacial score (nSPS) is 15.2. The van der Waals surface area contributed by atoms with Gasteiger partial charge in [0, 0.05) is 17.6 Å². The van der Waals surface area contributed by atoms with Gasteiger partial charge in [-0.2, -0.15) is 0 Å². The number of carbonyl (C=O) groups excluding carboxylic acids is 2. The van der Waals surface area contributed by atoms with Gasteiger partial charge in [0.1, 0.15) is 12.6 Å². The van der Waals surface area contributed by atoms with Gasteiger partial charge in [0.15, 0.2) is 0 Å². The Bertz CT molecular complexity index is 1200. The second-order valence-electron chi connectivity index (χ2n) is 8.98. The third-order valence-electron chi connectivity index (χ3n) is 6.30. The number of hydrogen-bond donors (Lipinski definition) is 1. The SMILES string of the molecule is CC(C(=O)NC1CCCCC1)N(Cc1ccccc1Cl)C(=O)CN(c1cccc(Cl)c1Cl)S(C)(=O)=O. The number of anilines is 1. The Balaban J connectivity index is 1.91. The lowest BCUT2D eigenvalue weighted by atomic mass is 9.95. The van der Waals surface area contributed by atoms with Gasteiger partial charge in [-0.1, -0.05) is 78.3 Å². The summed E-state index contributed by atoms with van der Waals surface area (Å²) in [6, 6.07) is 10.7. The molecule has 1 unspecified atom stereocenters. The Morgan fingerprint density at radius 3 is 2.28 bits per heavy atom. The van der Waals surface area contributed by atoms with Gasteiger partial charge in [0.25, 0.3) is 0 Å². The van der Waals surface area contributed by atoms with Gasteiger partial charge < -0.3 is 10.2 Å². The van der Waals surface area contributed by atoms with Crippen LogP contribution in [0.5, 0.6) is 0 Å². The zero-order valence-corrected chi connectivity index (χ0v) is 23.3. The molecular weight excluding hydrogens is 545 g/mol. The van der Waals surface area contributed by atoms with Crippen molar-refractivity contribution in [2.45, 2.75) is 57.7 Å². The van der Waals surface area contributed by atoms with Crippen molar-refractivity contribution < 1.29 is 18.0 Å². The van der Waals surface area contributed by atoms with E-state index in [9.17, 15) is 18.0 Å². The molecule has 36 heavy (non-hydrogen) atoms. The second kappa shape index (κ2) is 12.5. The van der Waals surface area contributed by atoms with Crippen LogP contribution in [0, 0.1) is 0 Å². The minimum atomic E-state index is -3.92. The number of halogens is 3. The van der Waals surface area contributed by atoms with Gasteiger partial charge in [-0.3, -0.25) is 13.9 Å². The summed E-state index contributed by atoms with van der Waals surface area (Å²) >= 11 is 18.7. The fourth-order valence-electron chi connectivity index (χ4n) is 4.24. The molecule has 0 aliphatic heterocycles. The second-order valence-corrected chi connectivity index (χ2v) is 12.1. The van der Waals surface area contributed by atoms with Gasteiger partial charge >= 0.3 is 0 Å². The molecule has 7 nitrogen and oxygen atoms in total. The molecule has 0 saturated heterocycles. The molecule has 3 rings (SSSR count). The average Bonchev–Trinajstić information content (AvgIpc) is 2.83. The van der Waals surface area contributed by atoms with Crippen molar-refractivity contribution in [2.24, 2.45) is 0 Å². The van der Waals surface area contributed by atoms with Crippen LogP contribution in [0.1, 0.15) is 44.6 Å². The summed E-state index contributed by atoms with van der Waals surface area (Å²) in [5.74, 6) is -0.878. The maximum absolute atomic E-state index is 13.6. The molecule has 0 radical (unpaired) electrons. The zero-order valence-electron chi connectivity index (χ0n) is 20.2. The van der Waals surface area contributed by atoms with Crippen LogP contribution in [0.15, 0.2) is 42.5 Å². The molecule has 0 aromatic heterocycles. The Morgan fingerprint density at radius 2 is 1.64 bits per heavy atom. The lowest BCUT2D eigenvalue weighted by Crippen LogP contribution is -2.53. The van der Waals surface area contributed by atoms with Crippen LogP contribution in [0.4, 0.5) is 5.69 Å². The van der Waals surface area contributed by atoms with Gasteiger partial charge in [-0.05, 0) is 43.5 Å². The molecule has 1 aliphatic rings. The van der Waals surface area contributed by atoms with Crippen LogP contribution in [-0.2, 0) is 26.2 Å². The highest BCUT2D eigenvalue weighted by molar-refractivity contribution is 7.92. The minimum Gasteiger partial charge on any atom is -0.352 e. The number of nitrogens with one attached hydrogen (secondary N) is 1. The predicted octanol–water partition coefficient (Wildman–Crippen LogP) is 5.28. The first-order valence-electron chi connectivity index (χ1n) is 11.7. The van der Waals surface area contributed by atoms with Crippen LogP contribution < -0.4 is 9.62 Å². The lowest BCUT2D eigenvalue weighted by Gasteiger charge is -2.33. The molecule has 0 heterocycles. The van der Waals surface area contributed by atoms with E-state index in [1.54, 1.807) is 37.3 Å². The summed E-state index contributed by atoms with van der Waals surface area (Å²) in [6.45, 7) is 1.09. The number of rotatable bonds is 9. The third kappa shape index (κ3) is 7.28. The minimum absolute atomic E-state index is 0.0122. The maximum Gasteiger partial charge on any atom is 0.244 e. The van der Waals surface area contributed by atoms with Crippen molar-refractivity contribution >= 4 is 62.3 Å². The van der Waals surface area contributed by atoms with Crippen molar-refractivity contribution in [3.05, 3.63) is 63.1 Å². The topological polar surface area (TPSA) is 86.8 Å². The molecule has 0 bridgehead atoms. The highest BCUT2D eigenvalue weighted by Crippen LogP contribution is 2.34. The number of hydrogen-bond acceptors (Lipinski definition) is 4. The fourth-order valence-corrected chi connectivity index (χ4v) is 5.74. The Labute approximate surface area is 227 Å². The summed E-state index contributed by atoms with van der Waals surface area (Å²) < 4.78 is 26.3. The number of benzene rings is 2. The van der Waals surface area contributed by atoms with E-state index in [1.807, 2.05) is 0 Å². The Kier molecular flexibility index (Phi) is 9.92. The fraction of sp³-hybridized carbons (Fsp3) is 0.440. The predicted molar refractivity (Wildman–Crippen MR) is 145 cm³/mol. The van der Waals surface area contributed by atoms with Crippen LogP contribution in [0.2, 0.25) is 15.1 Å². The molecule has 1 fully saturated rings. The first-order chi connectivity index (χ1) is 17.0. The molecule has 1 aliphatic carbocycles. The molecule has 196 valence electrons. The van der Waals surface area contributed by atoms with Crippen molar-refractivity contribution in [1.29, 1.82) is 0 Å². The highest BCUT2D eigenvalue weighted by Gasteiger charge is 2.32. The molecule has 2 aromatic rings. The first kappa shape index (κ1) is 28.6. The van der Waals surface area contributed by atoms with Crippen LogP contribution in [0.3, 0.4) is 0 Å². The zero-order chi connectivity index (χ0) is 26.5. The van der Waals surface area contributed by atoms with Crippen LogP contribution in [0.25, 0.3) is 0 Å². The molecule has 0 spiro atoms. The highest BCUT2D eigenvalue weighted by atomic mass is 35.5. The number of nitrogens with zero attached hydrogens (tertiary/aromatic N) is 2. The summed E-state index contributed by atoms with van der Waals surface area (Å²) in [5, 5.41) is 3.66. The maximum atomic E-state index is 13.6. The van der Waals surface area contributed by atoms with Gasteiger partial charge in [-0.15, -0.1) is 0 Å². The van der Waals surface area contributed by atoms with E-state index < -0.39 is 28.5 Å². The molecule has 1 saturated carbocycles. The summed E-state index contributed by atoms with van der Waals surface area (Å²) in [5.41, 5.74) is 0.716. The molecule has 11 heteroatoms. The van der Waals surface area contributed by atoms with Gasteiger partial charge in [-0.25, -0.2) is 8.42 Å². The number of sulfonamides is 1. The monoisotopic (exact) mass is 573 g/mol. The largest absolute Gasteiger partial charge is 0.352 e. The van der Waals surface area contributed by atoms with Crippen LogP contribution >= 0.6 is 34.8 Å². The number of carbonyl (C=O) groups is 2. The van der Waals surface area contributed by atoms with Crippen molar-refractivity contribution in [1.82, 2.24) is 10.2 Å². The standard InChI is InChI=1S/C25H30Cl3N3O4S/c1-17(25(33)29-19-10-4-3-5-11-19)30(15-18-9-6-7-12-20(18)26)23(32)16-31(36(2,34)35)22-14-8-13-21(27)24(22)28/h6-9,12-14,17,19H,3-5,10-11,15-16H2,1-2H3,(H,29,33). The van der Waals surface area contributed by atoms with E-state index in [0.717, 1.165) is 42.7 Å². The lowest BCUT2D eigenvalue weighted by molar-refractivity contribution is -0.139. The quantitative estimate of drug-likeness (QED) is 0.442. The van der Waals surface area contributed by atoms with Crippen LogP contribution in [-0.4, -0.2) is 50.0 Å². The number of amides is 2. The van der Waals surface area contributed by atoms with Gasteiger partial charge in [0.05, 0.1) is 22.0 Å². The van der Waals surface area contributed by atoms with E-state index in [-0.39, 0.29) is 34.2 Å². The van der Waals surface area contributed by atoms with E-state index in [0.29, 0.717) is 10.6 Å². The van der Waals surface area contributed by atoms with E-state index >= 15 is 0 Å². The van der Waals surface area contributed by atoms with E-state index in [4.69, 9.17) is 34.8 Å². The first-order valence-corrected chi connectivity index (χ1v) is 14.7. The summed E-state index contributed by atoms with van der Waals surface area (Å²) in [4.78, 5) is 28.2. The average molecular weight is 575 g/mol. The Hall–Kier alpha value is -2.00. The molecule has 2 amide bonds.